The van der Waals surface area contributed by atoms with Crippen LogP contribution in [0.15, 0.2) is 60.8 Å². The highest BCUT2D eigenvalue weighted by atomic mass is 35.5. The molecular formula is C29H41Cl2N. The first kappa shape index (κ1) is 30.0. The Bertz CT molecular complexity index is 935. The quantitative estimate of drug-likeness (QED) is 0.362. The number of halogens is 2. The van der Waals surface area contributed by atoms with Crippen LogP contribution >= 0.6 is 23.2 Å². The average Bonchev–Trinajstić information content (AvgIpc) is 3.27. The van der Waals surface area contributed by atoms with Gasteiger partial charge in [-0.05, 0) is 49.1 Å². The number of hydrogen-bond donors (Lipinski definition) is 1. The first-order valence-corrected chi connectivity index (χ1v) is 12.4. The van der Waals surface area contributed by atoms with Crippen molar-refractivity contribution >= 4 is 40.2 Å². The number of H-pyrrole nitrogens is 1. The van der Waals surface area contributed by atoms with Crippen LogP contribution in [0.3, 0.4) is 0 Å². The van der Waals surface area contributed by atoms with Gasteiger partial charge in [-0.1, -0.05) is 126 Å². The summed E-state index contributed by atoms with van der Waals surface area (Å²) in [4.78, 5) is 3.15. The summed E-state index contributed by atoms with van der Waals surface area (Å²) in [6, 6.07) is 12.2. The van der Waals surface area contributed by atoms with Crippen LogP contribution in [0.5, 0.6) is 0 Å². The van der Waals surface area contributed by atoms with Crippen molar-refractivity contribution in [1.82, 2.24) is 4.98 Å². The lowest BCUT2D eigenvalue weighted by Crippen LogP contribution is -1.89. The number of rotatable bonds is 4. The van der Waals surface area contributed by atoms with E-state index in [4.69, 9.17) is 23.2 Å². The second-order valence-electron chi connectivity index (χ2n) is 7.68. The number of nitrogens with one attached hydrogen (secondary N) is 1. The van der Waals surface area contributed by atoms with E-state index in [1.807, 2.05) is 43.5 Å². The molecule has 0 radical (unpaired) electrons. The fraction of sp³-hybridized carbons (Fsp3) is 0.379. The molecule has 0 bridgehead atoms. The molecule has 3 aromatic rings. The lowest BCUT2D eigenvalue weighted by molar-refractivity contribution is 0.932. The number of benzene rings is 2. The molecule has 1 heterocycles. The third-order valence-corrected chi connectivity index (χ3v) is 5.12. The Morgan fingerprint density at radius 1 is 0.906 bits per heavy atom. The van der Waals surface area contributed by atoms with E-state index in [9.17, 15) is 0 Å². The molecule has 0 amide bonds. The predicted molar refractivity (Wildman–Crippen MR) is 149 cm³/mol. The van der Waals surface area contributed by atoms with Crippen LogP contribution in [0.2, 0.25) is 10.0 Å². The molecule has 0 aliphatic rings. The maximum Gasteiger partial charge on any atom is 0.0723 e. The topological polar surface area (TPSA) is 15.8 Å². The minimum absolute atomic E-state index is 0.720. The van der Waals surface area contributed by atoms with Gasteiger partial charge in [-0.2, -0.15) is 0 Å². The van der Waals surface area contributed by atoms with E-state index in [1.54, 1.807) is 0 Å². The average molecular weight is 475 g/mol. The summed E-state index contributed by atoms with van der Waals surface area (Å²) < 4.78 is 0. The molecule has 0 saturated carbocycles. The maximum absolute atomic E-state index is 6.49. The fourth-order valence-electron chi connectivity index (χ4n) is 2.77. The van der Waals surface area contributed by atoms with Crippen LogP contribution in [-0.4, -0.2) is 4.98 Å². The molecule has 0 saturated heterocycles. The summed E-state index contributed by atoms with van der Waals surface area (Å²) in [7, 11) is 0. The molecule has 0 aliphatic carbocycles. The number of aromatic amines is 1. The summed E-state index contributed by atoms with van der Waals surface area (Å²) in [5.41, 5.74) is 5.37. The van der Waals surface area contributed by atoms with Crippen LogP contribution in [0.4, 0.5) is 0 Å². The van der Waals surface area contributed by atoms with Gasteiger partial charge >= 0.3 is 0 Å². The van der Waals surface area contributed by atoms with E-state index in [0.717, 1.165) is 44.9 Å². The SMILES string of the molecule is C=C/C(=C\c1c(C)c(Cl)c2cc[nH]c2c1Cl)CCC.CCC.CCC.Cc1ccccc1. The van der Waals surface area contributed by atoms with Gasteiger partial charge in [0.15, 0.2) is 0 Å². The Hall–Kier alpha value is -1.96. The van der Waals surface area contributed by atoms with Crippen LogP contribution < -0.4 is 0 Å². The second kappa shape index (κ2) is 17.6. The lowest BCUT2D eigenvalue weighted by Gasteiger charge is -2.10. The number of hydrogen-bond acceptors (Lipinski definition) is 0. The summed E-state index contributed by atoms with van der Waals surface area (Å²) in [6.07, 6.45) is 10.4. The van der Waals surface area contributed by atoms with E-state index in [1.165, 1.54) is 24.0 Å². The number of fused-ring (bicyclic) bond motifs is 1. The van der Waals surface area contributed by atoms with Gasteiger partial charge in [0.25, 0.3) is 0 Å². The van der Waals surface area contributed by atoms with Gasteiger partial charge < -0.3 is 4.98 Å². The van der Waals surface area contributed by atoms with Crippen molar-refractivity contribution in [3.05, 3.63) is 87.6 Å². The summed E-state index contributed by atoms with van der Waals surface area (Å²) >= 11 is 12.9. The molecule has 2 aromatic carbocycles. The summed E-state index contributed by atoms with van der Waals surface area (Å²) in [5, 5.41) is 2.45. The van der Waals surface area contributed by atoms with Crippen LogP contribution in [0, 0.1) is 13.8 Å². The van der Waals surface area contributed by atoms with E-state index in [0.29, 0.717) is 0 Å². The van der Waals surface area contributed by atoms with E-state index in [-0.39, 0.29) is 0 Å². The van der Waals surface area contributed by atoms with E-state index in [2.05, 4.69) is 71.3 Å². The summed E-state index contributed by atoms with van der Waals surface area (Å²) in [6.45, 7) is 18.6. The van der Waals surface area contributed by atoms with Crippen molar-refractivity contribution in [2.45, 2.75) is 74.1 Å². The Kier molecular flexibility index (Phi) is 16.5. The summed E-state index contributed by atoms with van der Waals surface area (Å²) in [5.74, 6) is 0. The fourth-order valence-corrected chi connectivity index (χ4v) is 3.38. The van der Waals surface area contributed by atoms with Gasteiger partial charge in [0.05, 0.1) is 15.6 Å². The van der Waals surface area contributed by atoms with Crippen molar-refractivity contribution in [1.29, 1.82) is 0 Å². The van der Waals surface area contributed by atoms with Gasteiger partial charge in [0, 0.05) is 11.6 Å². The largest absolute Gasteiger partial charge is 0.360 e. The third-order valence-electron chi connectivity index (χ3n) is 4.24. The Morgan fingerprint density at radius 3 is 1.91 bits per heavy atom. The number of aryl methyl sites for hydroxylation is 1. The Labute approximate surface area is 206 Å². The molecular weight excluding hydrogens is 433 g/mol. The molecule has 3 rings (SSSR count). The molecule has 0 unspecified atom stereocenters. The zero-order valence-corrected chi connectivity index (χ0v) is 22.5. The molecule has 32 heavy (non-hydrogen) atoms. The van der Waals surface area contributed by atoms with Crippen LogP contribution in [0.25, 0.3) is 17.0 Å². The molecule has 0 atom stereocenters. The normalized spacial score (nSPS) is 10.2. The number of allylic oxidation sites excluding steroid dienone is 2. The molecule has 0 fully saturated rings. The van der Waals surface area contributed by atoms with E-state index < -0.39 is 0 Å². The first-order valence-electron chi connectivity index (χ1n) is 11.6. The maximum atomic E-state index is 6.49. The molecule has 1 aromatic heterocycles. The molecule has 176 valence electrons. The van der Waals surface area contributed by atoms with Crippen molar-refractivity contribution < 1.29 is 0 Å². The third kappa shape index (κ3) is 10.1. The van der Waals surface area contributed by atoms with Gasteiger partial charge in [0.1, 0.15) is 0 Å². The van der Waals surface area contributed by atoms with Gasteiger partial charge in [-0.15, -0.1) is 0 Å². The van der Waals surface area contributed by atoms with Crippen molar-refractivity contribution in [2.75, 3.05) is 0 Å². The highest BCUT2D eigenvalue weighted by Gasteiger charge is 2.14. The lowest BCUT2D eigenvalue weighted by atomic mass is 10.0. The molecule has 1 N–H and O–H groups in total. The molecule has 0 aliphatic heterocycles. The van der Waals surface area contributed by atoms with Crippen molar-refractivity contribution in [3.8, 4) is 0 Å². The van der Waals surface area contributed by atoms with Gasteiger partial charge in [-0.25, -0.2) is 0 Å². The Morgan fingerprint density at radius 2 is 1.47 bits per heavy atom. The zero-order chi connectivity index (χ0) is 24.5. The monoisotopic (exact) mass is 473 g/mol. The number of aromatic nitrogens is 1. The Balaban J connectivity index is 0.000000606. The standard InChI is InChI=1S/C16H17Cl2N.C7H8.2C3H8/c1-4-6-11(5-2)9-13-10(3)14(17)12-7-8-19-16(12)15(13)18;1-7-5-3-2-4-6-7;2*1-3-2/h5,7-9,19H,2,4,6H2,1,3H3;2-6H,1H3;2*3H2,1-2H3/b11-9+;;;. The second-order valence-corrected chi connectivity index (χ2v) is 8.43. The molecule has 0 spiro atoms. The predicted octanol–water partition coefficient (Wildman–Crippen LogP) is 11.0. The minimum atomic E-state index is 0.720. The van der Waals surface area contributed by atoms with Gasteiger partial charge in [0.2, 0.25) is 0 Å². The zero-order valence-electron chi connectivity index (χ0n) is 21.0. The van der Waals surface area contributed by atoms with E-state index >= 15 is 0 Å². The molecule has 1 nitrogen and oxygen atoms in total. The van der Waals surface area contributed by atoms with Crippen LogP contribution in [-0.2, 0) is 0 Å². The molecule has 3 heteroatoms. The van der Waals surface area contributed by atoms with Gasteiger partial charge in [-0.3, -0.25) is 0 Å². The van der Waals surface area contributed by atoms with Crippen molar-refractivity contribution in [2.24, 2.45) is 0 Å². The minimum Gasteiger partial charge on any atom is -0.360 e. The first-order chi connectivity index (χ1) is 15.3. The smallest absolute Gasteiger partial charge is 0.0723 e. The van der Waals surface area contributed by atoms with Crippen molar-refractivity contribution in [3.63, 3.8) is 0 Å². The van der Waals surface area contributed by atoms with Crippen LogP contribution in [0.1, 0.15) is 77.0 Å². The highest BCUT2D eigenvalue weighted by Crippen LogP contribution is 2.37. The highest BCUT2D eigenvalue weighted by molar-refractivity contribution is 6.41.